The van der Waals surface area contributed by atoms with Gasteiger partial charge in [0, 0.05) is 19.8 Å². The first-order valence-electron chi connectivity index (χ1n) is 6.47. The zero-order valence-corrected chi connectivity index (χ0v) is 12.5. The lowest BCUT2D eigenvalue weighted by atomic mass is 10.3. The first-order chi connectivity index (χ1) is 11.2. The molecular formula is C13H12F3N5O3. The summed E-state index contributed by atoms with van der Waals surface area (Å²) in [5.41, 5.74) is -0.0471. The van der Waals surface area contributed by atoms with Crippen molar-refractivity contribution in [1.29, 1.82) is 0 Å². The maximum Gasteiger partial charge on any atom is 0.573 e. The van der Waals surface area contributed by atoms with Crippen LogP contribution in [0.1, 0.15) is 0 Å². The van der Waals surface area contributed by atoms with Gasteiger partial charge in [-0.2, -0.15) is 0 Å². The van der Waals surface area contributed by atoms with E-state index in [0.29, 0.717) is 5.69 Å². The number of nitro groups is 1. The van der Waals surface area contributed by atoms with E-state index >= 15 is 0 Å². The minimum atomic E-state index is -4.79. The van der Waals surface area contributed by atoms with Gasteiger partial charge in [-0.25, -0.2) is 9.97 Å². The number of hydrogen-bond donors (Lipinski definition) is 1. The van der Waals surface area contributed by atoms with Gasteiger partial charge in [-0.1, -0.05) is 0 Å². The maximum atomic E-state index is 12.1. The molecule has 2 rings (SSSR count). The summed E-state index contributed by atoms with van der Waals surface area (Å²) in [5, 5.41) is 13.9. The van der Waals surface area contributed by atoms with Crippen molar-refractivity contribution in [3.05, 3.63) is 40.7 Å². The summed E-state index contributed by atoms with van der Waals surface area (Å²) in [6.07, 6.45) is -3.65. The fourth-order valence-electron chi connectivity index (χ4n) is 1.83. The van der Waals surface area contributed by atoms with Crippen molar-refractivity contribution in [2.45, 2.75) is 6.36 Å². The van der Waals surface area contributed by atoms with Gasteiger partial charge < -0.3 is 15.0 Å². The van der Waals surface area contributed by atoms with Crippen LogP contribution in [0.2, 0.25) is 0 Å². The average molecular weight is 343 g/mol. The smallest absolute Gasteiger partial charge is 0.406 e. The zero-order chi connectivity index (χ0) is 17.9. The summed E-state index contributed by atoms with van der Waals surface area (Å²) >= 11 is 0. The molecule has 0 aliphatic carbocycles. The highest BCUT2D eigenvalue weighted by Gasteiger charge is 2.31. The van der Waals surface area contributed by atoms with Gasteiger partial charge in [0.25, 0.3) is 0 Å². The van der Waals surface area contributed by atoms with Crippen LogP contribution < -0.4 is 15.0 Å². The molecule has 0 fully saturated rings. The number of nitrogens with zero attached hydrogens (tertiary/aromatic N) is 4. The molecule has 0 saturated carbocycles. The van der Waals surface area contributed by atoms with E-state index in [0.717, 1.165) is 18.5 Å². The number of nitrogens with one attached hydrogen (secondary N) is 1. The van der Waals surface area contributed by atoms with Gasteiger partial charge in [0.1, 0.15) is 12.1 Å². The Labute approximate surface area is 134 Å². The Hall–Kier alpha value is -3.11. The predicted octanol–water partition coefficient (Wildman–Crippen LogP) is 3.09. The number of anilines is 3. The fraction of sp³-hybridized carbons (Fsp3) is 0.231. The molecule has 1 N–H and O–H groups in total. The Morgan fingerprint density at radius 3 is 2.33 bits per heavy atom. The fourth-order valence-corrected chi connectivity index (χ4v) is 1.83. The molecule has 0 saturated heterocycles. The Bertz CT molecular complexity index is 735. The van der Waals surface area contributed by atoms with E-state index in [4.69, 9.17) is 0 Å². The van der Waals surface area contributed by atoms with Crippen LogP contribution in [-0.2, 0) is 0 Å². The van der Waals surface area contributed by atoms with Crippen LogP contribution in [-0.4, -0.2) is 35.3 Å². The van der Waals surface area contributed by atoms with Crippen molar-refractivity contribution < 1.29 is 22.8 Å². The molecule has 0 amide bonds. The van der Waals surface area contributed by atoms with Crippen molar-refractivity contribution in [1.82, 2.24) is 9.97 Å². The van der Waals surface area contributed by atoms with E-state index in [2.05, 4.69) is 20.0 Å². The van der Waals surface area contributed by atoms with Crippen LogP contribution in [0.4, 0.5) is 36.2 Å². The second-order valence-corrected chi connectivity index (χ2v) is 4.74. The Balaban J connectivity index is 2.28. The Morgan fingerprint density at radius 1 is 1.21 bits per heavy atom. The maximum absolute atomic E-state index is 12.1. The van der Waals surface area contributed by atoms with Crippen LogP contribution in [0.15, 0.2) is 30.6 Å². The highest BCUT2D eigenvalue weighted by atomic mass is 19.4. The molecule has 0 radical (unpaired) electrons. The second-order valence-electron chi connectivity index (χ2n) is 4.74. The topological polar surface area (TPSA) is 93.4 Å². The van der Waals surface area contributed by atoms with Crippen molar-refractivity contribution in [3.63, 3.8) is 0 Å². The van der Waals surface area contributed by atoms with Crippen molar-refractivity contribution in [3.8, 4) is 5.75 Å². The van der Waals surface area contributed by atoms with Crippen LogP contribution >= 0.6 is 0 Å². The van der Waals surface area contributed by atoms with E-state index in [1.165, 1.54) is 17.0 Å². The SMILES string of the molecule is CN(C)c1ncnc(Nc2ccc(OC(F)(F)F)cc2)c1[N+](=O)[O-]. The number of ether oxygens (including phenoxy) is 1. The van der Waals surface area contributed by atoms with E-state index < -0.39 is 17.0 Å². The van der Waals surface area contributed by atoms with Crippen LogP contribution in [0, 0.1) is 10.1 Å². The second kappa shape index (κ2) is 6.56. The highest BCUT2D eigenvalue weighted by molar-refractivity contribution is 5.74. The molecule has 0 aliphatic heterocycles. The molecule has 128 valence electrons. The molecule has 11 heteroatoms. The van der Waals surface area contributed by atoms with Crippen LogP contribution in [0.5, 0.6) is 5.75 Å². The molecule has 2 aromatic rings. The zero-order valence-electron chi connectivity index (χ0n) is 12.5. The normalized spacial score (nSPS) is 11.0. The monoisotopic (exact) mass is 343 g/mol. The minimum Gasteiger partial charge on any atom is -0.406 e. The first kappa shape index (κ1) is 17.2. The molecule has 1 heterocycles. The van der Waals surface area contributed by atoms with E-state index in [9.17, 15) is 23.3 Å². The number of alkyl halides is 3. The van der Waals surface area contributed by atoms with Crippen LogP contribution in [0.3, 0.4) is 0 Å². The average Bonchev–Trinajstić information content (AvgIpc) is 2.47. The standard InChI is InChI=1S/C13H12F3N5O3/c1-20(2)12-10(21(22)23)11(17-7-18-12)19-8-3-5-9(6-4-8)24-13(14,15)16/h3-7H,1-2H3,(H,17,18,19). The molecule has 1 aromatic carbocycles. The van der Waals surface area contributed by atoms with Crippen molar-refractivity contribution in [2.75, 3.05) is 24.3 Å². The molecule has 0 atom stereocenters. The summed E-state index contributed by atoms with van der Waals surface area (Å²) in [6.45, 7) is 0. The quantitative estimate of drug-likeness (QED) is 0.658. The molecule has 24 heavy (non-hydrogen) atoms. The largest absolute Gasteiger partial charge is 0.573 e. The predicted molar refractivity (Wildman–Crippen MR) is 79.4 cm³/mol. The number of aromatic nitrogens is 2. The van der Waals surface area contributed by atoms with Crippen molar-refractivity contribution in [2.24, 2.45) is 0 Å². The van der Waals surface area contributed by atoms with E-state index in [-0.39, 0.29) is 17.3 Å². The van der Waals surface area contributed by atoms with E-state index in [1.54, 1.807) is 14.1 Å². The van der Waals surface area contributed by atoms with Gasteiger partial charge >= 0.3 is 12.0 Å². The molecule has 8 nitrogen and oxygen atoms in total. The number of benzene rings is 1. The summed E-state index contributed by atoms with van der Waals surface area (Å²) < 4.78 is 40.1. The van der Waals surface area contributed by atoms with Crippen molar-refractivity contribution >= 4 is 23.0 Å². The molecular weight excluding hydrogens is 331 g/mol. The Morgan fingerprint density at radius 2 is 1.83 bits per heavy atom. The Kier molecular flexibility index (Phi) is 4.71. The molecule has 0 spiro atoms. The molecule has 0 unspecified atom stereocenters. The van der Waals surface area contributed by atoms with Gasteiger partial charge in [0.2, 0.25) is 11.6 Å². The third-order valence-electron chi connectivity index (χ3n) is 2.76. The number of hydrogen-bond acceptors (Lipinski definition) is 7. The van der Waals surface area contributed by atoms with E-state index in [1.807, 2.05) is 0 Å². The highest BCUT2D eigenvalue weighted by Crippen LogP contribution is 2.33. The lowest BCUT2D eigenvalue weighted by molar-refractivity contribution is -0.383. The molecule has 0 bridgehead atoms. The lowest BCUT2D eigenvalue weighted by Gasteiger charge is -2.14. The van der Waals surface area contributed by atoms with Gasteiger partial charge in [0.05, 0.1) is 4.92 Å². The minimum absolute atomic E-state index is 0.0804. The van der Waals surface area contributed by atoms with Gasteiger partial charge in [-0.3, -0.25) is 10.1 Å². The number of rotatable bonds is 5. The van der Waals surface area contributed by atoms with Gasteiger partial charge in [-0.15, -0.1) is 13.2 Å². The summed E-state index contributed by atoms with van der Waals surface area (Å²) in [5.74, 6) is -0.392. The third-order valence-corrected chi connectivity index (χ3v) is 2.76. The molecule has 1 aromatic heterocycles. The van der Waals surface area contributed by atoms with Crippen LogP contribution in [0.25, 0.3) is 0 Å². The number of halogens is 3. The summed E-state index contributed by atoms with van der Waals surface area (Å²) in [4.78, 5) is 19.7. The lowest BCUT2D eigenvalue weighted by Crippen LogP contribution is -2.17. The summed E-state index contributed by atoms with van der Waals surface area (Å²) in [6, 6.07) is 4.72. The van der Waals surface area contributed by atoms with Gasteiger partial charge in [0.15, 0.2) is 0 Å². The summed E-state index contributed by atoms with van der Waals surface area (Å²) in [7, 11) is 3.17. The molecule has 0 aliphatic rings. The van der Waals surface area contributed by atoms with Gasteiger partial charge in [-0.05, 0) is 24.3 Å². The first-order valence-corrected chi connectivity index (χ1v) is 6.47. The third kappa shape index (κ3) is 4.21.